The van der Waals surface area contributed by atoms with Gasteiger partial charge in [0.25, 0.3) is 0 Å². The Morgan fingerprint density at radius 2 is 1.92 bits per heavy atom. The van der Waals surface area contributed by atoms with E-state index in [1.807, 2.05) is 12.3 Å². The summed E-state index contributed by atoms with van der Waals surface area (Å²) in [6.45, 7) is 3.74. The monoisotopic (exact) mass is 324 g/mol. The number of carboxylic acid groups (broad SMARTS) is 1. The standard InChI is InChI=1S/C19H20N2O3/c22-17(23)13-2-3-15-14(8-13)16(4-7-20-15)21-9-18-5-1-6-19(18,10-21)12-24-11-18/h2-4,7-8H,1,5-6,9-12H2,(H,22,23). The van der Waals surface area contributed by atoms with Crippen molar-refractivity contribution in [3.63, 3.8) is 0 Å². The fourth-order valence-corrected chi connectivity index (χ4v) is 5.27. The average molecular weight is 324 g/mol. The van der Waals surface area contributed by atoms with E-state index < -0.39 is 5.97 Å². The molecule has 0 amide bonds. The van der Waals surface area contributed by atoms with E-state index in [-0.39, 0.29) is 10.8 Å². The topological polar surface area (TPSA) is 62.7 Å². The minimum Gasteiger partial charge on any atom is -0.478 e. The van der Waals surface area contributed by atoms with Gasteiger partial charge < -0.3 is 14.7 Å². The second-order valence-corrected chi connectivity index (χ2v) is 7.63. The van der Waals surface area contributed by atoms with Gasteiger partial charge in [0.05, 0.1) is 24.3 Å². The molecule has 3 fully saturated rings. The Balaban J connectivity index is 1.61. The third kappa shape index (κ3) is 1.73. The molecule has 0 bridgehead atoms. The van der Waals surface area contributed by atoms with Crippen LogP contribution in [0.3, 0.4) is 0 Å². The van der Waals surface area contributed by atoms with Gasteiger partial charge in [-0.15, -0.1) is 0 Å². The van der Waals surface area contributed by atoms with Crippen molar-refractivity contribution >= 4 is 22.6 Å². The van der Waals surface area contributed by atoms with Crippen LogP contribution < -0.4 is 4.90 Å². The maximum absolute atomic E-state index is 11.3. The predicted molar refractivity (Wildman–Crippen MR) is 90.5 cm³/mol. The van der Waals surface area contributed by atoms with Crippen molar-refractivity contribution in [3.8, 4) is 0 Å². The van der Waals surface area contributed by atoms with Crippen LogP contribution in [0.5, 0.6) is 0 Å². The molecule has 0 radical (unpaired) electrons. The number of rotatable bonds is 2. The van der Waals surface area contributed by atoms with Crippen LogP contribution in [0.25, 0.3) is 10.9 Å². The third-order valence-corrected chi connectivity index (χ3v) is 6.49. The molecule has 2 aromatic rings. The fraction of sp³-hybridized carbons (Fsp3) is 0.474. The fourth-order valence-electron chi connectivity index (χ4n) is 5.27. The lowest BCUT2D eigenvalue weighted by molar-refractivity contribution is 0.0697. The Bertz CT molecular complexity index is 818. The number of fused-ring (bicyclic) bond motifs is 1. The number of hydrogen-bond acceptors (Lipinski definition) is 4. The van der Waals surface area contributed by atoms with Crippen molar-refractivity contribution in [2.75, 3.05) is 31.2 Å². The zero-order valence-electron chi connectivity index (χ0n) is 13.5. The highest BCUT2D eigenvalue weighted by Crippen LogP contribution is 2.61. The number of benzene rings is 1. The molecule has 2 unspecified atom stereocenters. The molecule has 1 aromatic heterocycles. The Morgan fingerprint density at radius 3 is 2.62 bits per heavy atom. The molecule has 1 aliphatic carbocycles. The minimum absolute atomic E-state index is 0.285. The number of anilines is 1. The van der Waals surface area contributed by atoms with Gasteiger partial charge >= 0.3 is 5.97 Å². The van der Waals surface area contributed by atoms with E-state index in [1.54, 1.807) is 18.2 Å². The van der Waals surface area contributed by atoms with E-state index in [1.165, 1.54) is 19.3 Å². The molecule has 2 aliphatic heterocycles. The quantitative estimate of drug-likeness (QED) is 0.920. The number of ether oxygens (including phenoxy) is 1. The third-order valence-electron chi connectivity index (χ3n) is 6.49. The lowest BCUT2D eigenvalue weighted by atomic mass is 9.71. The maximum Gasteiger partial charge on any atom is 0.335 e. The minimum atomic E-state index is -0.896. The van der Waals surface area contributed by atoms with Gasteiger partial charge in [0.1, 0.15) is 0 Å². The molecule has 3 heterocycles. The number of carbonyl (C=O) groups is 1. The van der Waals surface area contributed by atoms with Crippen LogP contribution >= 0.6 is 0 Å². The van der Waals surface area contributed by atoms with Crippen molar-refractivity contribution < 1.29 is 14.6 Å². The average Bonchev–Trinajstić information content (AvgIpc) is 3.15. The van der Waals surface area contributed by atoms with Gasteiger partial charge in [0, 0.05) is 41.2 Å². The van der Waals surface area contributed by atoms with Crippen molar-refractivity contribution in [3.05, 3.63) is 36.0 Å². The number of nitrogens with zero attached hydrogens (tertiary/aromatic N) is 2. The van der Waals surface area contributed by atoms with E-state index in [0.29, 0.717) is 5.56 Å². The summed E-state index contributed by atoms with van der Waals surface area (Å²) in [5.74, 6) is -0.896. The van der Waals surface area contributed by atoms with E-state index in [4.69, 9.17) is 4.74 Å². The summed E-state index contributed by atoms with van der Waals surface area (Å²) in [5, 5.41) is 10.2. The van der Waals surface area contributed by atoms with E-state index in [2.05, 4.69) is 9.88 Å². The molecular weight excluding hydrogens is 304 g/mol. The summed E-state index contributed by atoms with van der Waals surface area (Å²) >= 11 is 0. The number of hydrogen-bond donors (Lipinski definition) is 1. The van der Waals surface area contributed by atoms with Gasteiger partial charge in [-0.25, -0.2) is 4.79 Å². The molecule has 3 aliphatic rings. The zero-order valence-corrected chi connectivity index (χ0v) is 13.5. The molecular formula is C19H20N2O3. The molecule has 1 N–H and O–H groups in total. The van der Waals surface area contributed by atoms with Crippen molar-refractivity contribution in [1.29, 1.82) is 0 Å². The summed E-state index contributed by atoms with van der Waals surface area (Å²) in [7, 11) is 0. The van der Waals surface area contributed by atoms with Crippen LogP contribution in [-0.4, -0.2) is 42.4 Å². The van der Waals surface area contributed by atoms with Gasteiger partial charge in [0.2, 0.25) is 0 Å². The number of aromatic nitrogens is 1. The van der Waals surface area contributed by atoms with E-state index in [0.717, 1.165) is 42.9 Å². The predicted octanol–water partition coefficient (Wildman–Crippen LogP) is 2.94. The summed E-state index contributed by atoms with van der Waals surface area (Å²) in [6.07, 6.45) is 5.62. The molecule has 5 heteroatoms. The lowest BCUT2D eigenvalue weighted by Gasteiger charge is -2.28. The molecule has 5 nitrogen and oxygen atoms in total. The van der Waals surface area contributed by atoms with E-state index in [9.17, 15) is 9.90 Å². The first kappa shape index (κ1) is 14.2. The summed E-state index contributed by atoms with van der Waals surface area (Å²) < 4.78 is 5.87. The molecule has 24 heavy (non-hydrogen) atoms. The van der Waals surface area contributed by atoms with Crippen LogP contribution in [0.15, 0.2) is 30.5 Å². The Hall–Kier alpha value is -2.14. The van der Waals surface area contributed by atoms with Crippen molar-refractivity contribution in [1.82, 2.24) is 4.98 Å². The highest BCUT2D eigenvalue weighted by Gasteiger charge is 2.63. The van der Waals surface area contributed by atoms with Crippen molar-refractivity contribution in [2.45, 2.75) is 19.3 Å². The molecule has 0 spiro atoms. The summed E-state index contributed by atoms with van der Waals surface area (Å²) in [6, 6.07) is 7.22. The van der Waals surface area contributed by atoms with Crippen molar-refractivity contribution in [2.24, 2.45) is 10.8 Å². The van der Waals surface area contributed by atoms with Gasteiger partial charge in [-0.05, 0) is 37.1 Å². The van der Waals surface area contributed by atoms with E-state index >= 15 is 0 Å². The van der Waals surface area contributed by atoms with Crippen LogP contribution in [0.4, 0.5) is 5.69 Å². The molecule has 1 aromatic carbocycles. The first-order valence-electron chi connectivity index (χ1n) is 8.57. The zero-order chi connectivity index (χ0) is 16.4. The molecule has 2 saturated heterocycles. The molecule has 124 valence electrons. The molecule has 5 rings (SSSR count). The van der Waals surface area contributed by atoms with Crippen LogP contribution in [0.1, 0.15) is 29.6 Å². The van der Waals surface area contributed by atoms with Crippen LogP contribution in [0, 0.1) is 10.8 Å². The molecule has 1 saturated carbocycles. The Kier molecular flexibility index (Phi) is 2.78. The van der Waals surface area contributed by atoms with Gasteiger partial charge in [-0.2, -0.15) is 0 Å². The second kappa shape index (κ2) is 4.70. The number of pyridine rings is 1. The van der Waals surface area contributed by atoms with Gasteiger partial charge in [-0.1, -0.05) is 6.42 Å². The lowest BCUT2D eigenvalue weighted by Crippen LogP contribution is -2.34. The number of carboxylic acids is 1. The highest BCUT2D eigenvalue weighted by molar-refractivity contribution is 5.98. The van der Waals surface area contributed by atoms with Crippen LogP contribution in [-0.2, 0) is 4.74 Å². The summed E-state index contributed by atoms with van der Waals surface area (Å²) in [4.78, 5) is 18.2. The summed E-state index contributed by atoms with van der Waals surface area (Å²) in [5.41, 5.74) is 2.85. The first-order valence-corrected chi connectivity index (χ1v) is 8.57. The van der Waals surface area contributed by atoms with Gasteiger partial charge in [0.15, 0.2) is 0 Å². The normalized spacial score (nSPS) is 31.4. The Labute approximate surface area is 140 Å². The smallest absolute Gasteiger partial charge is 0.335 e. The second-order valence-electron chi connectivity index (χ2n) is 7.63. The van der Waals surface area contributed by atoms with Crippen LogP contribution in [0.2, 0.25) is 0 Å². The SMILES string of the molecule is O=C(O)c1ccc2nccc(N3CC45CCCC4(COC5)C3)c2c1. The highest BCUT2D eigenvalue weighted by atomic mass is 16.5. The van der Waals surface area contributed by atoms with Gasteiger partial charge in [-0.3, -0.25) is 4.98 Å². The number of aromatic carboxylic acids is 1. The maximum atomic E-state index is 11.3. The Morgan fingerprint density at radius 1 is 1.17 bits per heavy atom. The molecule has 2 atom stereocenters. The first-order chi connectivity index (χ1) is 11.6. The largest absolute Gasteiger partial charge is 0.478 e.